The number of halogens is 2. The normalized spacial score (nSPS) is 21.4. The molecule has 2 amide bonds. The van der Waals surface area contributed by atoms with Crippen LogP contribution in [-0.4, -0.2) is 78.4 Å². The largest absolute Gasteiger partial charge is 0.342 e. The molecule has 2 saturated heterocycles. The fourth-order valence-corrected chi connectivity index (χ4v) is 3.25. The highest BCUT2D eigenvalue weighted by atomic mass is 35.5. The average Bonchev–Trinajstić information content (AvgIpc) is 2.83. The molecule has 0 aromatic carbocycles. The Bertz CT molecular complexity index is 407. The van der Waals surface area contributed by atoms with Crippen molar-refractivity contribution >= 4 is 36.6 Å². The lowest BCUT2D eigenvalue weighted by atomic mass is 10.0. The SMILES string of the molecule is CC(N)C(C)C(=O)N1CCN(CC(=O)N2CCCCCC2)CC1.Cl.Cl. The molecule has 2 fully saturated rings. The van der Waals surface area contributed by atoms with Gasteiger partial charge in [-0.15, -0.1) is 24.8 Å². The molecular weight excluding hydrogens is 363 g/mol. The topological polar surface area (TPSA) is 69.9 Å². The average molecular weight is 397 g/mol. The minimum Gasteiger partial charge on any atom is -0.342 e. The van der Waals surface area contributed by atoms with Crippen molar-refractivity contribution in [3.8, 4) is 0 Å². The quantitative estimate of drug-likeness (QED) is 0.778. The molecule has 0 aromatic rings. The molecule has 0 saturated carbocycles. The van der Waals surface area contributed by atoms with Crippen molar-refractivity contribution in [1.82, 2.24) is 14.7 Å². The number of carbonyl (C=O) groups excluding carboxylic acids is 2. The molecule has 2 heterocycles. The highest BCUT2D eigenvalue weighted by molar-refractivity contribution is 5.85. The molecule has 0 aliphatic carbocycles. The molecule has 2 unspecified atom stereocenters. The monoisotopic (exact) mass is 396 g/mol. The maximum atomic E-state index is 12.4. The van der Waals surface area contributed by atoms with E-state index in [1.54, 1.807) is 0 Å². The summed E-state index contributed by atoms with van der Waals surface area (Å²) in [5, 5.41) is 0. The Labute approximate surface area is 164 Å². The first-order valence-electron chi connectivity index (χ1n) is 9.03. The van der Waals surface area contributed by atoms with Crippen molar-refractivity contribution < 1.29 is 9.59 Å². The van der Waals surface area contributed by atoms with E-state index in [-0.39, 0.29) is 48.6 Å². The van der Waals surface area contributed by atoms with E-state index < -0.39 is 0 Å². The van der Waals surface area contributed by atoms with E-state index in [2.05, 4.69) is 4.90 Å². The summed E-state index contributed by atoms with van der Waals surface area (Å²) in [5.74, 6) is 0.245. The third-order valence-electron chi connectivity index (χ3n) is 5.18. The minimum atomic E-state index is -0.139. The second-order valence-corrected chi connectivity index (χ2v) is 7.04. The van der Waals surface area contributed by atoms with Gasteiger partial charge in [-0.1, -0.05) is 19.8 Å². The summed E-state index contributed by atoms with van der Waals surface area (Å²) in [6.07, 6.45) is 4.73. The zero-order valence-electron chi connectivity index (χ0n) is 15.5. The van der Waals surface area contributed by atoms with Gasteiger partial charge >= 0.3 is 0 Å². The first-order valence-corrected chi connectivity index (χ1v) is 9.03. The molecular formula is C17H34Cl2N4O2. The Hall–Kier alpha value is -0.560. The van der Waals surface area contributed by atoms with Crippen LogP contribution in [0.3, 0.4) is 0 Å². The van der Waals surface area contributed by atoms with Gasteiger partial charge in [-0.25, -0.2) is 0 Å². The van der Waals surface area contributed by atoms with Gasteiger partial charge in [-0.2, -0.15) is 0 Å². The Morgan fingerprint density at radius 3 is 1.84 bits per heavy atom. The Morgan fingerprint density at radius 2 is 1.36 bits per heavy atom. The number of piperazine rings is 1. The molecule has 0 aromatic heterocycles. The van der Waals surface area contributed by atoms with Crippen LogP contribution in [0, 0.1) is 5.92 Å². The van der Waals surface area contributed by atoms with E-state index in [1.807, 2.05) is 23.6 Å². The van der Waals surface area contributed by atoms with Gasteiger partial charge in [0.05, 0.1) is 12.5 Å². The third kappa shape index (κ3) is 7.29. The number of hydrogen-bond donors (Lipinski definition) is 1. The fourth-order valence-electron chi connectivity index (χ4n) is 3.25. The lowest BCUT2D eigenvalue weighted by Crippen LogP contribution is -2.53. The van der Waals surface area contributed by atoms with Crippen molar-refractivity contribution in [1.29, 1.82) is 0 Å². The van der Waals surface area contributed by atoms with Crippen LogP contribution in [0.1, 0.15) is 39.5 Å². The van der Waals surface area contributed by atoms with E-state index in [9.17, 15) is 9.59 Å². The Morgan fingerprint density at radius 1 is 0.840 bits per heavy atom. The molecule has 2 atom stereocenters. The van der Waals surface area contributed by atoms with Crippen LogP contribution in [-0.2, 0) is 9.59 Å². The predicted octanol–water partition coefficient (Wildman–Crippen LogP) is 1.36. The smallest absolute Gasteiger partial charge is 0.236 e. The summed E-state index contributed by atoms with van der Waals surface area (Å²) in [6.45, 7) is 9.01. The second-order valence-electron chi connectivity index (χ2n) is 7.04. The van der Waals surface area contributed by atoms with Gasteiger partial charge in [-0.05, 0) is 19.8 Å². The first-order chi connectivity index (χ1) is 11.0. The number of carbonyl (C=O) groups is 2. The van der Waals surface area contributed by atoms with E-state index in [0.717, 1.165) is 39.0 Å². The van der Waals surface area contributed by atoms with E-state index >= 15 is 0 Å². The molecule has 2 rings (SSSR count). The van der Waals surface area contributed by atoms with Gasteiger partial charge in [-0.3, -0.25) is 14.5 Å². The van der Waals surface area contributed by atoms with Crippen LogP contribution >= 0.6 is 24.8 Å². The van der Waals surface area contributed by atoms with Crippen molar-refractivity contribution in [2.24, 2.45) is 11.7 Å². The van der Waals surface area contributed by atoms with Crippen LogP contribution in [0.5, 0.6) is 0 Å². The number of hydrogen-bond acceptors (Lipinski definition) is 4. The summed E-state index contributed by atoms with van der Waals surface area (Å²) >= 11 is 0. The van der Waals surface area contributed by atoms with Crippen molar-refractivity contribution in [3.63, 3.8) is 0 Å². The highest BCUT2D eigenvalue weighted by Gasteiger charge is 2.28. The number of amides is 2. The molecule has 2 aliphatic heterocycles. The molecule has 6 nitrogen and oxygen atoms in total. The number of nitrogens with zero attached hydrogens (tertiary/aromatic N) is 3. The molecule has 0 radical (unpaired) electrons. The second kappa shape index (κ2) is 11.9. The summed E-state index contributed by atoms with van der Waals surface area (Å²) < 4.78 is 0. The highest BCUT2D eigenvalue weighted by Crippen LogP contribution is 2.12. The van der Waals surface area contributed by atoms with Gasteiger partial charge in [0.15, 0.2) is 0 Å². The molecule has 2 N–H and O–H groups in total. The Kier molecular flexibility index (Phi) is 11.7. The lowest BCUT2D eigenvalue weighted by molar-refractivity contribution is -0.138. The minimum absolute atomic E-state index is 0. The van der Waals surface area contributed by atoms with Crippen molar-refractivity contribution in [2.45, 2.75) is 45.6 Å². The molecule has 0 spiro atoms. The van der Waals surface area contributed by atoms with Gasteiger partial charge < -0.3 is 15.5 Å². The van der Waals surface area contributed by atoms with Crippen molar-refractivity contribution in [3.05, 3.63) is 0 Å². The van der Waals surface area contributed by atoms with Crippen LogP contribution in [0.15, 0.2) is 0 Å². The Balaban J connectivity index is 0.00000288. The molecule has 0 bridgehead atoms. The molecule has 2 aliphatic rings. The fraction of sp³-hybridized carbons (Fsp3) is 0.882. The van der Waals surface area contributed by atoms with Crippen molar-refractivity contribution in [2.75, 3.05) is 45.8 Å². The van der Waals surface area contributed by atoms with Gasteiger partial charge in [0, 0.05) is 45.3 Å². The van der Waals surface area contributed by atoms with E-state index in [4.69, 9.17) is 5.73 Å². The first kappa shape index (κ1) is 24.4. The van der Waals surface area contributed by atoms with Gasteiger partial charge in [0.2, 0.25) is 11.8 Å². The van der Waals surface area contributed by atoms with Gasteiger partial charge in [0.25, 0.3) is 0 Å². The number of rotatable bonds is 4. The van der Waals surface area contributed by atoms with Crippen LogP contribution in [0.25, 0.3) is 0 Å². The van der Waals surface area contributed by atoms with Crippen LogP contribution < -0.4 is 5.73 Å². The maximum Gasteiger partial charge on any atom is 0.236 e. The molecule has 148 valence electrons. The zero-order chi connectivity index (χ0) is 16.8. The standard InChI is InChI=1S/C17H32N4O2.2ClH/c1-14(15(2)18)17(23)21-11-9-19(10-12-21)13-16(22)20-7-5-3-4-6-8-20;;/h14-15H,3-13,18H2,1-2H3;2*1H. The van der Waals surface area contributed by atoms with E-state index in [0.29, 0.717) is 19.6 Å². The summed E-state index contributed by atoms with van der Waals surface area (Å²) in [6, 6.07) is -0.120. The maximum absolute atomic E-state index is 12.4. The predicted molar refractivity (Wildman–Crippen MR) is 105 cm³/mol. The number of nitrogens with two attached hydrogens (primary N) is 1. The van der Waals surface area contributed by atoms with Crippen LogP contribution in [0.4, 0.5) is 0 Å². The summed E-state index contributed by atoms with van der Waals surface area (Å²) in [5.41, 5.74) is 5.82. The molecule has 25 heavy (non-hydrogen) atoms. The lowest BCUT2D eigenvalue weighted by Gasteiger charge is -2.36. The van der Waals surface area contributed by atoms with Gasteiger partial charge in [0.1, 0.15) is 0 Å². The number of likely N-dealkylation sites (tertiary alicyclic amines) is 1. The van der Waals surface area contributed by atoms with Crippen LogP contribution in [0.2, 0.25) is 0 Å². The molecule has 8 heteroatoms. The summed E-state index contributed by atoms with van der Waals surface area (Å²) in [4.78, 5) is 30.8. The summed E-state index contributed by atoms with van der Waals surface area (Å²) in [7, 11) is 0. The third-order valence-corrected chi connectivity index (χ3v) is 5.18. The van der Waals surface area contributed by atoms with E-state index in [1.165, 1.54) is 12.8 Å². The zero-order valence-corrected chi connectivity index (χ0v) is 17.1.